The minimum atomic E-state index is -4.85. The number of anilines is 1. The van der Waals surface area contributed by atoms with Crippen molar-refractivity contribution in [2.24, 2.45) is 0 Å². The molecule has 0 spiro atoms. The first-order chi connectivity index (χ1) is 28.2. The molecule has 59 heavy (non-hydrogen) atoms. The number of nitrogens with two attached hydrogens (primary N) is 1. The zero-order valence-electron chi connectivity index (χ0n) is 35.9. The Kier molecular flexibility index (Phi) is 24.2. The van der Waals surface area contributed by atoms with Gasteiger partial charge in [-0.15, -0.1) is 0 Å². The van der Waals surface area contributed by atoms with Crippen LogP contribution in [-0.2, 0) is 45.5 Å². The van der Waals surface area contributed by atoms with E-state index in [9.17, 15) is 18.9 Å². The summed E-state index contributed by atoms with van der Waals surface area (Å²) in [5.41, 5.74) is 6.40. The fourth-order valence-electron chi connectivity index (χ4n) is 6.36. The molecule has 2 aromatic rings. The summed E-state index contributed by atoms with van der Waals surface area (Å²) in [7, 11) is -11.1. The Labute approximate surface area is 356 Å². The standard InChI is InChI=1S/C12H15ClN5O12P3.2C12H27N/c1-23-12-26-6-4(2-24-31-28-32(19,20)30-33(21,22)29-31)25-10(7(6)27-12)18-3-15-5-8(14)16-11(13)17-9(5)18;2*1-4-7-10-13(11-8-5-2)12-9-6-3/h3-4,6-7,10,12H,2H2,1H3,(H,19,20)(H,21,22)(H2,14,16,17);2*4-12H2,1-3H3/t4-,6-,7-,10-,12?;;/m1../s1. The molecule has 0 radical (unpaired) electrons. The van der Waals surface area contributed by atoms with Crippen molar-refractivity contribution in [1.29, 1.82) is 0 Å². The lowest BCUT2D eigenvalue weighted by Gasteiger charge is -2.27. The number of halogens is 1. The molecule has 0 aromatic carbocycles. The lowest BCUT2D eigenvalue weighted by Crippen LogP contribution is -2.31. The molecule has 0 aliphatic carbocycles. The van der Waals surface area contributed by atoms with Crippen LogP contribution in [0.5, 0.6) is 0 Å². The first-order valence-electron chi connectivity index (χ1n) is 21.0. The molecule has 4 N–H and O–H groups in total. The topological polar surface area (TPSA) is 225 Å². The highest BCUT2D eigenvalue weighted by Crippen LogP contribution is 2.76. The highest BCUT2D eigenvalue weighted by molar-refractivity contribution is 7.72. The minimum Gasteiger partial charge on any atom is -0.382 e. The Hall–Kier alpha value is -0.950. The highest BCUT2D eigenvalue weighted by atomic mass is 35.5. The molecule has 0 saturated carbocycles. The third-order valence-electron chi connectivity index (χ3n) is 9.57. The van der Waals surface area contributed by atoms with Gasteiger partial charge in [-0.1, -0.05) is 80.1 Å². The van der Waals surface area contributed by atoms with Crippen LogP contribution in [0.4, 0.5) is 5.82 Å². The number of fused-ring (bicyclic) bond motifs is 2. The zero-order chi connectivity index (χ0) is 43.4. The van der Waals surface area contributed by atoms with E-state index in [4.69, 9.17) is 40.8 Å². The van der Waals surface area contributed by atoms with E-state index in [1.165, 1.54) is 134 Å². The van der Waals surface area contributed by atoms with Gasteiger partial charge in [-0.2, -0.15) is 14.3 Å². The number of aromatic nitrogens is 4. The van der Waals surface area contributed by atoms with E-state index < -0.39 is 55.3 Å². The van der Waals surface area contributed by atoms with Crippen LogP contribution in [0.15, 0.2) is 6.33 Å². The fourth-order valence-corrected chi connectivity index (χ4v) is 10.7. The van der Waals surface area contributed by atoms with Crippen LogP contribution in [0.25, 0.3) is 11.2 Å². The normalized spacial score (nSPS) is 27.8. The van der Waals surface area contributed by atoms with Gasteiger partial charge in [0.1, 0.15) is 23.8 Å². The summed E-state index contributed by atoms with van der Waals surface area (Å²) in [6.07, 6.45) is 14.3. The number of phosphoric acid groups is 2. The number of hydrogen-bond acceptors (Lipinski definition) is 16. The molecule has 23 heteroatoms. The smallest absolute Gasteiger partial charge is 0.382 e. The molecule has 3 aliphatic heterocycles. The molecule has 19 nitrogen and oxygen atoms in total. The molecule has 2 aromatic heterocycles. The van der Waals surface area contributed by atoms with Gasteiger partial charge in [0.2, 0.25) is 5.28 Å². The number of methoxy groups -OCH3 is 1. The molecule has 3 fully saturated rings. The lowest BCUT2D eigenvalue weighted by molar-refractivity contribution is -0.256. The van der Waals surface area contributed by atoms with Gasteiger partial charge in [0, 0.05) is 7.11 Å². The zero-order valence-corrected chi connectivity index (χ0v) is 39.3. The molecular weight excluding hydrogens is 851 g/mol. The number of imidazole rings is 1. The van der Waals surface area contributed by atoms with E-state index >= 15 is 0 Å². The Balaban J connectivity index is 0.000000297. The summed E-state index contributed by atoms with van der Waals surface area (Å²) in [4.78, 5) is 36.2. The monoisotopic (exact) mass is 919 g/mol. The summed E-state index contributed by atoms with van der Waals surface area (Å²) in [5, 5.41) is -0.104. The minimum absolute atomic E-state index is 0.0648. The largest absolute Gasteiger partial charge is 0.488 e. The Morgan fingerprint density at radius 2 is 1.24 bits per heavy atom. The van der Waals surface area contributed by atoms with Crippen molar-refractivity contribution in [2.75, 3.05) is 58.7 Å². The van der Waals surface area contributed by atoms with Crippen LogP contribution in [0, 0.1) is 0 Å². The molecular formula is C36H69ClN7O12P3. The van der Waals surface area contributed by atoms with E-state index in [1.807, 2.05) is 0 Å². The second-order valence-electron chi connectivity index (χ2n) is 14.5. The van der Waals surface area contributed by atoms with Gasteiger partial charge in [-0.05, 0) is 89.4 Å². The number of hydrogen-bond donors (Lipinski definition) is 3. The summed E-state index contributed by atoms with van der Waals surface area (Å²) in [5.74, 6) is 0.0648. The molecule has 0 amide bonds. The third-order valence-corrected chi connectivity index (χ3v) is 14.5. The Morgan fingerprint density at radius 3 is 1.68 bits per heavy atom. The maximum absolute atomic E-state index is 11.6. The summed E-state index contributed by atoms with van der Waals surface area (Å²) >= 11 is 5.92. The molecule has 7 atom stereocenters. The van der Waals surface area contributed by atoms with Crippen LogP contribution >= 0.6 is 35.8 Å². The van der Waals surface area contributed by atoms with Gasteiger partial charge in [0.25, 0.3) is 6.48 Å². The van der Waals surface area contributed by atoms with Crippen LogP contribution < -0.4 is 5.73 Å². The predicted octanol–water partition coefficient (Wildman–Crippen LogP) is 8.56. The third kappa shape index (κ3) is 17.6. The van der Waals surface area contributed by atoms with Crippen molar-refractivity contribution < 1.29 is 55.3 Å². The molecule has 5 heterocycles. The van der Waals surface area contributed by atoms with E-state index in [-0.39, 0.29) is 28.9 Å². The second kappa shape index (κ2) is 27.3. The van der Waals surface area contributed by atoms with Gasteiger partial charge in [0.15, 0.2) is 17.7 Å². The van der Waals surface area contributed by atoms with Crippen molar-refractivity contribution in [3.63, 3.8) is 0 Å². The number of ether oxygens (including phenoxy) is 4. The average molecular weight is 920 g/mol. The average Bonchev–Trinajstić information content (AvgIpc) is 3.90. The van der Waals surface area contributed by atoms with E-state index in [1.54, 1.807) is 0 Å². The van der Waals surface area contributed by atoms with Gasteiger partial charge in [0.05, 0.1) is 12.9 Å². The van der Waals surface area contributed by atoms with Gasteiger partial charge in [-0.3, -0.25) is 4.57 Å². The van der Waals surface area contributed by atoms with Crippen LogP contribution in [0.1, 0.15) is 125 Å². The lowest BCUT2D eigenvalue weighted by atomic mass is 10.1. The number of unbranched alkanes of at least 4 members (excludes halogenated alkanes) is 6. The SMILES string of the molecule is CCCCN(CCCC)CCCC.CCCCN(CCCC)CCCC.COC1O[C@@H]2[C@H](O1)[C@@H](COP1OP(=O)(O)OP(=O)(O)O1)O[C@H]2n1cnc2c(N)nc(Cl)nc21. The van der Waals surface area contributed by atoms with Gasteiger partial charge in [-0.25, -0.2) is 22.7 Å². The second-order valence-corrected chi connectivity index (χ2v) is 19.4. The number of nitrogens with zero attached hydrogens (tertiary/aromatic N) is 6. The quantitative estimate of drug-likeness (QED) is 0.0701. The molecule has 342 valence electrons. The first-order valence-corrected chi connectivity index (χ1v) is 25.5. The van der Waals surface area contributed by atoms with E-state index in [2.05, 4.69) is 79.2 Å². The van der Waals surface area contributed by atoms with E-state index in [0.29, 0.717) is 0 Å². The van der Waals surface area contributed by atoms with Crippen LogP contribution in [0.3, 0.4) is 0 Å². The Morgan fingerprint density at radius 1 is 0.780 bits per heavy atom. The number of nitrogen functional groups attached to an aromatic ring is 1. The molecule has 3 saturated heterocycles. The fraction of sp³-hybridized carbons (Fsp3) is 0.861. The van der Waals surface area contributed by atoms with Crippen molar-refractivity contribution >= 4 is 52.8 Å². The molecule has 3 unspecified atom stereocenters. The molecule has 5 rings (SSSR count). The maximum atomic E-state index is 11.6. The van der Waals surface area contributed by atoms with Crippen LogP contribution in [0.2, 0.25) is 5.28 Å². The van der Waals surface area contributed by atoms with E-state index in [0.717, 1.165) is 0 Å². The molecule has 3 aliphatic rings. The first kappa shape index (κ1) is 52.4. The maximum Gasteiger partial charge on any atom is 0.488 e. The van der Waals surface area contributed by atoms with Crippen molar-refractivity contribution in [2.45, 2.75) is 150 Å². The van der Waals surface area contributed by atoms with Gasteiger partial charge < -0.3 is 48.8 Å². The summed E-state index contributed by atoms with van der Waals surface area (Å²) in [6.45, 7) is 20.2. The number of rotatable bonds is 23. The van der Waals surface area contributed by atoms with Gasteiger partial charge >= 0.3 is 24.2 Å². The summed E-state index contributed by atoms with van der Waals surface area (Å²) < 4.78 is 65.6. The van der Waals surface area contributed by atoms with Crippen molar-refractivity contribution in [3.8, 4) is 0 Å². The van der Waals surface area contributed by atoms with Crippen LogP contribution in [-0.4, -0.2) is 117 Å². The van der Waals surface area contributed by atoms with Crippen molar-refractivity contribution in [3.05, 3.63) is 11.6 Å². The molecule has 0 bridgehead atoms. The highest BCUT2D eigenvalue weighted by Gasteiger charge is 2.55. The van der Waals surface area contributed by atoms with Crippen molar-refractivity contribution in [1.82, 2.24) is 29.3 Å². The predicted molar refractivity (Wildman–Crippen MR) is 227 cm³/mol. The Bertz CT molecular complexity index is 1500. The summed E-state index contributed by atoms with van der Waals surface area (Å²) in [6, 6.07) is 0.